The fraction of sp³-hybridized carbons (Fsp3) is 0.480. The van der Waals surface area contributed by atoms with Gasteiger partial charge in [0.15, 0.2) is 0 Å². The van der Waals surface area contributed by atoms with E-state index in [1.54, 1.807) is 12.1 Å². The summed E-state index contributed by atoms with van der Waals surface area (Å²) in [7, 11) is 0. The van der Waals surface area contributed by atoms with Gasteiger partial charge in [0, 0.05) is 0 Å². The molecule has 0 bridgehead atoms. The highest BCUT2D eigenvalue weighted by Crippen LogP contribution is 2.42. The number of hydrogen-bond donors (Lipinski definition) is 0. The lowest BCUT2D eigenvalue weighted by atomic mass is 9.77. The molecule has 2 saturated carbocycles. The van der Waals surface area contributed by atoms with Crippen molar-refractivity contribution in [1.82, 2.24) is 0 Å². The lowest BCUT2D eigenvalue weighted by molar-refractivity contribution is 0.0305. The third-order valence-electron chi connectivity index (χ3n) is 12.7. The quantitative estimate of drug-likeness (QED) is 0.107. The number of ether oxygens (including phenoxy) is 1. The van der Waals surface area contributed by atoms with Crippen LogP contribution in [0.15, 0.2) is 84.9 Å². The molecule has 6 rings (SSSR count). The van der Waals surface area contributed by atoms with E-state index in [9.17, 15) is 10.5 Å². The van der Waals surface area contributed by atoms with Gasteiger partial charge in [-0.25, -0.2) is 8.78 Å². The van der Waals surface area contributed by atoms with Gasteiger partial charge in [-0.15, -0.1) is 0 Å². The van der Waals surface area contributed by atoms with E-state index in [1.807, 2.05) is 12.1 Å². The van der Waals surface area contributed by atoms with E-state index in [2.05, 4.69) is 62.4 Å². The Labute approximate surface area is 328 Å². The highest BCUT2D eigenvalue weighted by molar-refractivity contribution is 5.42. The van der Waals surface area contributed by atoms with Crippen molar-refractivity contribution in [3.63, 3.8) is 0 Å². The monoisotopic (exact) mass is 740 g/mol. The van der Waals surface area contributed by atoms with Crippen LogP contribution in [0.5, 0.6) is 0 Å². The molecule has 0 aliphatic heterocycles. The Morgan fingerprint density at radius 2 is 0.891 bits per heavy atom. The second-order valence-electron chi connectivity index (χ2n) is 16.4. The molecule has 2 atom stereocenters. The topological polar surface area (TPSA) is 56.8 Å². The summed E-state index contributed by atoms with van der Waals surface area (Å²) in [5.41, 5.74) is 5.43. The van der Waals surface area contributed by atoms with Crippen LogP contribution in [0, 0.1) is 46.1 Å². The van der Waals surface area contributed by atoms with E-state index in [4.69, 9.17) is 4.74 Å². The average molecular weight is 741 g/mol. The van der Waals surface area contributed by atoms with Gasteiger partial charge in [-0.1, -0.05) is 126 Å². The molecule has 0 saturated heterocycles. The minimum Gasteiger partial charge on any atom is -0.356 e. The Kier molecular flexibility index (Phi) is 14.7. The number of nitrogens with zero attached hydrogens (tertiary/aromatic N) is 2. The summed E-state index contributed by atoms with van der Waals surface area (Å²) in [6.45, 7) is 4.53. The lowest BCUT2D eigenvalue weighted by Gasteiger charge is -2.30. The predicted molar refractivity (Wildman–Crippen MR) is 218 cm³/mol. The molecular formula is C50H58F2N2O. The molecule has 5 heteroatoms. The number of rotatable bonds is 16. The van der Waals surface area contributed by atoms with Crippen LogP contribution in [0.25, 0.3) is 0 Å². The summed E-state index contributed by atoms with van der Waals surface area (Å²) in [5, 5.41) is 19.0. The molecule has 2 unspecified atom stereocenters. The van der Waals surface area contributed by atoms with Crippen molar-refractivity contribution in [3.8, 4) is 12.1 Å². The Morgan fingerprint density at radius 3 is 1.22 bits per heavy atom. The molecular weight excluding hydrogens is 683 g/mol. The maximum atomic E-state index is 15.2. The minimum absolute atomic E-state index is 0.0283. The summed E-state index contributed by atoms with van der Waals surface area (Å²) < 4.78 is 37.5. The largest absolute Gasteiger partial charge is 0.356 e. The van der Waals surface area contributed by atoms with E-state index in [1.165, 1.54) is 138 Å². The van der Waals surface area contributed by atoms with Crippen LogP contribution in [0.2, 0.25) is 0 Å². The van der Waals surface area contributed by atoms with Gasteiger partial charge in [0.1, 0.15) is 36.0 Å². The number of benzene rings is 4. The normalized spacial score (nSPS) is 21.0. The van der Waals surface area contributed by atoms with Gasteiger partial charge in [0.05, 0.1) is 11.1 Å². The lowest BCUT2D eigenvalue weighted by Crippen LogP contribution is -2.16. The molecule has 2 fully saturated rings. The SMILES string of the molecule is CCCCCC1CCC(c2ccc(C(OC(c3ccc(C4CCC(CCCCC)CC4)cc3)c3ccc(C#N)c(F)c3)c3ccc(C#N)c(F)c3)cc2)CC1. The summed E-state index contributed by atoms with van der Waals surface area (Å²) in [6.07, 6.45) is 19.0. The van der Waals surface area contributed by atoms with Gasteiger partial charge in [-0.05, 0) is 133 Å². The molecule has 0 spiro atoms. The molecule has 0 heterocycles. The summed E-state index contributed by atoms with van der Waals surface area (Å²) >= 11 is 0. The van der Waals surface area contributed by atoms with E-state index in [0.717, 1.165) is 23.0 Å². The van der Waals surface area contributed by atoms with Crippen molar-refractivity contribution >= 4 is 0 Å². The standard InChI is InChI=1S/C50H58F2N2O/c1-3-5-7-9-35-11-15-37(16-12-35)39-19-23-41(24-20-39)49(43-27-29-45(33-53)47(51)31-43)55-50(44-28-30-46(34-54)48(52)32-44)42-25-21-40(22-26-42)38-17-13-36(14-18-38)10-8-6-4-2/h19-32,35-38,49-50H,3-18H2,1-2H3. The Balaban J connectivity index is 1.27. The second kappa shape index (κ2) is 20.0. The van der Waals surface area contributed by atoms with Gasteiger partial charge < -0.3 is 4.74 Å². The van der Waals surface area contributed by atoms with Crippen LogP contribution in [0.4, 0.5) is 8.78 Å². The highest BCUT2D eigenvalue weighted by Gasteiger charge is 2.28. The van der Waals surface area contributed by atoms with Gasteiger partial charge >= 0.3 is 0 Å². The van der Waals surface area contributed by atoms with Crippen molar-refractivity contribution in [3.05, 3.63) is 141 Å². The van der Waals surface area contributed by atoms with Crippen molar-refractivity contribution in [2.45, 2.75) is 141 Å². The first-order valence-electron chi connectivity index (χ1n) is 21.1. The second-order valence-corrected chi connectivity index (χ2v) is 16.4. The van der Waals surface area contributed by atoms with Crippen molar-refractivity contribution < 1.29 is 13.5 Å². The van der Waals surface area contributed by atoms with Crippen molar-refractivity contribution in [2.75, 3.05) is 0 Å². The maximum Gasteiger partial charge on any atom is 0.141 e. The minimum atomic E-state index is -0.711. The molecule has 4 aromatic carbocycles. The van der Waals surface area contributed by atoms with Crippen LogP contribution in [-0.2, 0) is 4.74 Å². The molecule has 288 valence electrons. The van der Waals surface area contributed by atoms with Crippen LogP contribution >= 0.6 is 0 Å². The third kappa shape index (κ3) is 10.5. The molecule has 0 N–H and O–H groups in total. The van der Waals surface area contributed by atoms with Crippen molar-refractivity contribution in [1.29, 1.82) is 10.5 Å². The van der Waals surface area contributed by atoms with Gasteiger partial charge in [0.2, 0.25) is 0 Å². The van der Waals surface area contributed by atoms with Crippen LogP contribution < -0.4 is 0 Å². The van der Waals surface area contributed by atoms with E-state index in [0.29, 0.717) is 23.0 Å². The molecule has 3 nitrogen and oxygen atoms in total. The molecule has 2 aliphatic rings. The first kappa shape index (κ1) is 40.3. The fourth-order valence-electron chi connectivity index (χ4n) is 9.23. The van der Waals surface area contributed by atoms with Crippen LogP contribution in [0.1, 0.15) is 185 Å². The van der Waals surface area contributed by atoms with Crippen molar-refractivity contribution in [2.24, 2.45) is 11.8 Å². The highest BCUT2D eigenvalue weighted by atomic mass is 19.1. The van der Waals surface area contributed by atoms with Gasteiger partial charge in [-0.3, -0.25) is 0 Å². The Bertz CT molecular complexity index is 1750. The average Bonchev–Trinajstić information content (AvgIpc) is 3.22. The van der Waals surface area contributed by atoms with E-state index < -0.39 is 23.8 Å². The van der Waals surface area contributed by atoms with Gasteiger partial charge in [-0.2, -0.15) is 10.5 Å². The predicted octanol–water partition coefficient (Wildman–Crippen LogP) is 14.3. The van der Waals surface area contributed by atoms with Crippen LogP contribution in [0.3, 0.4) is 0 Å². The summed E-state index contributed by atoms with van der Waals surface area (Å²) in [5.74, 6) is 1.50. The zero-order chi connectivity index (χ0) is 38.6. The zero-order valence-electron chi connectivity index (χ0n) is 32.9. The first-order valence-corrected chi connectivity index (χ1v) is 21.1. The molecule has 55 heavy (non-hydrogen) atoms. The van der Waals surface area contributed by atoms with E-state index in [-0.39, 0.29) is 11.1 Å². The number of halogens is 2. The molecule has 0 aromatic heterocycles. The smallest absolute Gasteiger partial charge is 0.141 e. The number of nitriles is 2. The molecule has 2 aliphatic carbocycles. The van der Waals surface area contributed by atoms with Crippen LogP contribution in [-0.4, -0.2) is 0 Å². The maximum absolute atomic E-state index is 15.2. The van der Waals surface area contributed by atoms with Gasteiger partial charge in [0.25, 0.3) is 0 Å². The summed E-state index contributed by atoms with van der Waals surface area (Å²) in [4.78, 5) is 0. The Morgan fingerprint density at radius 1 is 0.527 bits per heavy atom. The summed E-state index contributed by atoms with van der Waals surface area (Å²) in [6, 6.07) is 30.2. The Hall–Kier alpha value is -4.32. The fourth-order valence-corrected chi connectivity index (χ4v) is 9.23. The molecule has 0 amide bonds. The molecule has 4 aromatic rings. The third-order valence-corrected chi connectivity index (χ3v) is 12.7. The number of hydrogen-bond acceptors (Lipinski definition) is 3. The number of unbranched alkanes of at least 4 members (excludes halogenated alkanes) is 4. The first-order chi connectivity index (χ1) is 26.9. The zero-order valence-corrected chi connectivity index (χ0v) is 32.9. The molecule has 0 radical (unpaired) electrons. The van der Waals surface area contributed by atoms with E-state index >= 15 is 8.78 Å².